The van der Waals surface area contributed by atoms with Crippen molar-refractivity contribution >= 4 is 17.3 Å². The summed E-state index contributed by atoms with van der Waals surface area (Å²) in [5.41, 5.74) is 0.183. The van der Waals surface area contributed by atoms with Gasteiger partial charge in [0.15, 0.2) is 0 Å². The molecule has 6 rings (SSSR count). The first kappa shape index (κ1) is 30.8. The second-order valence-corrected chi connectivity index (χ2v) is 11.7. The number of likely N-dealkylation sites (N-methyl/N-ethyl adjacent to an activating group) is 1. The van der Waals surface area contributed by atoms with E-state index in [0.717, 1.165) is 36.7 Å². The standard InChI is InChI=1S/C32H37F3N6O4/c1-37-12-14-39(15-13-37)28(42)20-40-11-8-25-29(21-16-23(44-2)19-24(17-21)45-3)36-41(31(43)30(25)40)27-18-22(38-9-4-5-10-38)6-7-26(27)32(33,34)35/h6-7,16-19H,4-5,8-15,20H2,1-3H3. The molecule has 0 N–H and O–H groups in total. The fraction of sp³-hybridized carbons (Fsp3) is 0.469. The van der Waals surface area contributed by atoms with Gasteiger partial charge < -0.3 is 29.1 Å². The third-order valence-electron chi connectivity index (χ3n) is 8.91. The Morgan fingerprint density at radius 1 is 0.911 bits per heavy atom. The van der Waals surface area contributed by atoms with Crippen LogP contribution in [0.1, 0.15) is 24.0 Å². The number of carbonyl (C=O) groups is 1. The van der Waals surface area contributed by atoms with E-state index >= 15 is 0 Å². The van der Waals surface area contributed by atoms with Gasteiger partial charge in [-0.15, -0.1) is 0 Å². The van der Waals surface area contributed by atoms with E-state index < -0.39 is 17.3 Å². The van der Waals surface area contributed by atoms with Crippen LogP contribution in [0.2, 0.25) is 0 Å². The number of amides is 1. The maximum Gasteiger partial charge on any atom is 0.418 e. The molecule has 1 aromatic heterocycles. The molecule has 0 spiro atoms. The zero-order chi connectivity index (χ0) is 31.9. The molecule has 240 valence electrons. The quantitative estimate of drug-likeness (QED) is 0.393. The molecular weight excluding hydrogens is 589 g/mol. The second-order valence-electron chi connectivity index (χ2n) is 11.7. The van der Waals surface area contributed by atoms with Gasteiger partial charge in [-0.2, -0.15) is 23.0 Å². The molecule has 2 fully saturated rings. The Kier molecular flexibility index (Phi) is 8.38. The fourth-order valence-corrected chi connectivity index (χ4v) is 6.39. The Balaban J connectivity index is 1.53. The summed E-state index contributed by atoms with van der Waals surface area (Å²) in [7, 11) is 5.00. The lowest BCUT2D eigenvalue weighted by atomic mass is 10.0. The molecule has 0 atom stereocenters. The van der Waals surface area contributed by atoms with Crippen LogP contribution >= 0.6 is 0 Å². The zero-order valence-corrected chi connectivity index (χ0v) is 25.7. The van der Waals surface area contributed by atoms with Gasteiger partial charge in [-0.1, -0.05) is 0 Å². The Hall–Kier alpha value is -4.26. The average molecular weight is 627 g/mol. The lowest BCUT2D eigenvalue weighted by Crippen LogP contribution is -2.50. The van der Waals surface area contributed by atoms with Crippen LogP contribution in [0.3, 0.4) is 0 Å². The third-order valence-corrected chi connectivity index (χ3v) is 8.91. The highest BCUT2D eigenvalue weighted by molar-refractivity contribution is 5.84. The first-order valence-corrected chi connectivity index (χ1v) is 15.1. The Morgan fingerprint density at radius 2 is 1.58 bits per heavy atom. The monoisotopic (exact) mass is 626 g/mol. The molecule has 2 aromatic carbocycles. The van der Waals surface area contributed by atoms with Gasteiger partial charge in [-0.3, -0.25) is 9.59 Å². The van der Waals surface area contributed by atoms with Crippen molar-refractivity contribution in [2.75, 3.05) is 83.4 Å². The van der Waals surface area contributed by atoms with E-state index in [-0.39, 0.29) is 23.8 Å². The van der Waals surface area contributed by atoms with Crippen LogP contribution in [-0.2, 0) is 17.4 Å². The molecule has 1 amide bonds. The number of anilines is 2. The van der Waals surface area contributed by atoms with E-state index in [1.165, 1.54) is 26.4 Å². The number of ether oxygens (including phenoxy) is 2. The van der Waals surface area contributed by atoms with Crippen LogP contribution in [0.5, 0.6) is 11.5 Å². The molecule has 45 heavy (non-hydrogen) atoms. The molecular formula is C32H37F3N6O4. The highest BCUT2D eigenvalue weighted by atomic mass is 19.4. The Bertz CT molecular complexity index is 1620. The smallest absolute Gasteiger partial charge is 0.418 e. The van der Waals surface area contributed by atoms with Crippen LogP contribution in [0.25, 0.3) is 16.9 Å². The van der Waals surface area contributed by atoms with Crippen molar-refractivity contribution in [1.82, 2.24) is 19.6 Å². The largest absolute Gasteiger partial charge is 0.497 e. The Morgan fingerprint density at radius 3 is 2.20 bits per heavy atom. The normalized spacial score (nSPS) is 17.2. The maximum absolute atomic E-state index is 14.5. The van der Waals surface area contributed by atoms with Crippen LogP contribution in [-0.4, -0.2) is 99.1 Å². The van der Waals surface area contributed by atoms with E-state index in [1.807, 2.05) is 11.9 Å². The molecule has 0 saturated carbocycles. The number of benzene rings is 2. The molecule has 0 radical (unpaired) electrons. The summed E-state index contributed by atoms with van der Waals surface area (Å²) < 4.78 is 55.3. The molecule has 0 unspecified atom stereocenters. The molecule has 3 aliphatic heterocycles. The van der Waals surface area contributed by atoms with Crippen LogP contribution in [0.4, 0.5) is 24.5 Å². The molecule has 0 bridgehead atoms. The summed E-state index contributed by atoms with van der Waals surface area (Å²) in [4.78, 5) is 35.3. The number of hydrogen-bond donors (Lipinski definition) is 0. The van der Waals surface area contributed by atoms with Crippen LogP contribution in [0.15, 0.2) is 41.2 Å². The molecule has 10 nitrogen and oxygen atoms in total. The number of piperazine rings is 1. The fourth-order valence-electron chi connectivity index (χ4n) is 6.39. The highest BCUT2D eigenvalue weighted by Crippen LogP contribution is 2.39. The highest BCUT2D eigenvalue weighted by Gasteiger charge is 2.37. The van der Waals surface area contributed by atoms with E-state index in [4.69, 9.17) is 9.47 Å². The second kappa shape index (κ2) is 12.3. The summed E-state index contributed by atoms with van der Waals surface area (Å²) in [6.07, 6.45) is -2.48. The minimum absolute atomic E-state index is 0.0587. The van der Waals surface area contributed by atoms with E-state index in [1.54, 1.807) is 28.0 Å². The van der Waals surface area contributed by atoms with Crippen LogP contribution < -0.4 is 24.8 Å². The summed E-state index contributed by atoms with van der Waals surface area (Å²) >= 11 is 0. The summed E-state index contributed by atoms with van der Waals surface area (Å²) in [5.74, 6) is 0.796. The number of rotatable bonds is 7. The number of halogens is 3. The van der Waals surface area contributed by atoms with Gasteiger partial charge in [0.25, 0.3) is 5.56 Å². The van der Waals surface area contributed by atoms with E-state index in [0.29, 0.717) is 73.2 Å². The van der Waals surface area contributed by atoms with Gasteiger partial charge in [-0.25, -0.2) is 0 Å². The zero-order valence-electron chi connectivity index (χ0n) is 25.7. The minimum atomic E-state index is -4.74. The SMILES string of the molecule is COc1cc(OC)cc(-c2nn(-c3cc(N4CCCC4)ccc3C(F)(F)F)c(=O)c3c2CCN3CC(=O)N2CCN(C)CC2)c1. The minimum Gasteiger partial charge on any atom is -0.497 e. The van der Waals surface area contributed by atoms with Crippen LogP contribution in [0, 0.1) is 0 Å². The Labute approximate surface area is 259 Å². The summed E-state index contributed by atoms with van der Waals surface area (Å²) in [5, 5.41) is 4.64. The van der Waals surface area contributed by atoms with Crippen molar-refractivity contribution in [2.24, 2.45) is 0 Å². The van der Waals surface area contributed by atoms with E-state index in [2.05, 4.69) is 10.00 Å². The van der Waals surface area contributed by atoms with Crippen molar-refractivity contribution in [3.63, 3.8) is 0 Å². The van der Waals surface area contributed by atoms with Gasteiger partial charge in [0.1, 0.15) is 17.2 Å². The van der Waals surface area contributed by atoms with Crippen molar-refractivity contribution < 1.29 is 27.4 Å². The molecule has 13 heteroatoms. The van der Waals surface area contributed by atoms with Crippen molar-refractivity contribution in [3.8, 4) is 28.4 Å². The summed E-state index contributed by atoms with van der Waals surface area (Å²) in [6.45, 7) is 4.36. The maximum atomic E-state index is 14.5. The molecule has 0 aliphatic carbocycles. The van der Waals surface area contributed by atoms with Crippen molar-refractivity contribution in [1.29, 1.82) is 0 Å². The number of carbonyl (C=O) groups excluding carboxylic acids is 1. The first-order valence-electron chi connectivity index (χ1n) is 15.1. The number of fused-ring (bicyclic) bond motifs is 1. The predicted octanol–water partition coefficient (Wildman–Crippen LogP) is 3.67. The molecule has 4 heterocycles. The lowest BCUT2D eigenvalue weighted by molar-refractivity contribution is -0.137. The third kappa shape index (κ3) is 6.05. The average Bonchev–Trinajstić information content (AvgIpc) is 3.72. The summed E-state index contributed by atoms with van der Waals surface area (Å²) in [6, 6.07) is 8.98. The number of hydrogen-bond acceptors (Lipinski definition) is 8. The van der Waals surface area contributed by atoms with Gasteiger partial charge in [0.05, 0.1) is 37.7 Å². The number of alkyl halides is 3. The number of methoxy groups -OCH3 is 2. The van der Waals surface area contributed by atoms with Gasteiger partial charge in [0.2, 0.25) is 5.91 Å². The topological polar surface area (TPSA) is 83.4 Å². The van der Waals surface area contributed by atoms with Gasteiger partial charge >= 0.3 is 6.18 Å². The number of aromatic nitrogens is 2. The van der Waals surface area contributed by atoms with Gasteiger partial charge in [0, 0.05) is 68.7 Å². The van der Waals surface area contributed by atoms with Gasteiger partial charge in [-0.05, 0) is 56.6 Å². The van der Waals surface area contributed by atoms with E-state index in [9.17, 15) is 22.8 Å². The van der Waals surface area contributed by atoms with Crippen molar-refractivity contribution in [3.05, 3.63) is 57.9 Å². The predicted molar refractivity (Wildman–Crippen MR) is 165 cm³/mol. The van der Waals surface area contributed by atoms with Crippen molar-refractivity contribution in [2.45, 2.75) is 25.4 Å². The number of nitrogens with zero attached hydrogens (tertiary/aromatic N) is 6. The molecule has 2 saturated heterocycles. The lowest BCUT2D eigenvalue weighted by Gasteiger charge is -2.33. The first-order chi connectivity index (χ1) is 21.6. The molecule has 3 aromatic rings. The molecule has 3 aliphatic rings.